The second kappa shape index (κ2) is 6.67. The van der Waals surface area contributed by atoms with Gasteiger partial charge >= 0.3 is 0 Å². The van der Waals surface area contributed by atoms with Gasteiger partial charge in [0, 0.05) is 24.3 Å². The van der Waals surface area contributed by atoms with E-state index in [2.05, 4.69) is 0 Å². The lowest BCUT2D eigenvalue weighted by Gasteiger charge is -2.30. The van der Waals surface area contributed by atoms with Gasteiger partial charge in [0.15, 0.2) is 11.5 Å². The molecule has 0 unspecified atom stereocenters. The van der Waals surface area contributed by atoms with E-state index in [1.807, 2.05) is 41.3 Å². The highest BCUT2D eigenvalue weighted by Crippen LogP contribution is 2.33. The number of hydrogen-bond acceptors (Lipinski definition) is 4. The summed E-state index contributed by atoms with van der Waals surface area (Å²) in [5.74, 6) is 1.69. The predicted molar refractivity (Wildman–Crippen MR) is 97.3 cm³/mol. The van der Waals surface area contributed by atoms with E-state index in [4.69, 9.17) is 15.2 Å². The maximum Gasteiger partial charge on any atom is 0.227 e. The molecule has 5 heteroatoms. The summed E-state index contributed by atoms with van der Waals surface area (Å²) in [6.07, 6.45) is 3.04. The summed E-state index contributed by atoms with van der Waals surface area (Å²) in [5, 5.41) is 0. The second-order valence-electron chi connectivity index (χ2n) is 6.47. The zero-order valence-corrected chi connectivity index (χ0v) is 14.2. The van der Waals surface area contributed by atoms with E-state index in [-0.39, 0.29) is 5.91 Å². The van der Waals surface area contributed by atoms with Crippen LogP contribution in [0.1, 0.15) is 24.0 Å². The van der Waals surface area contributed by atoms with Gasteiger partial charge in [0.05, 0.1) is 0 Å². The SMILES string of the molecule is Nc1cccc2c1CCCN2C(=O)CCc1ccc2c(c1)OCCO2. The van der Waals surface area contributed by atoms with Crippen molar-refractivity contribution in [2.75, 3.05) is 30.4 Å². The van der Waals surface area contributed by atoms with Crippen LogP contribution in [-0.4, -0.2) is 25.7 Å². The van der Waals surface area contributed by atoms with Gasteiger partial charge in [-0.25, -0.2) is 0 Å². The Balaban J connectivity index is 1.46. The van der Waals surface area contributed by atoms with Crippen LogP contribution in [0.25, 0.3) is 0 Å². The standard InChI is InChI=1S/C20H22N2O3/c21-16-4-1-5-17-15(16)3-2-10-22(17)20(23)9-7-14-6-8-18-19(13-14)25-12-11-24-18/h1,4-6,8,13H,2-3,7,9-12,21H2. The summed E-state index contributed by atoms with van der Waals surface area (Å²) < 4.78 is 11.2. The number of nitrogens with zero attached hydrogens (tertiary/aromatic N) is 1. The quantitative estimate of drug-likeness (QED) is 0.874. The zero-order valence-electron chi connectivity index (χ0n) is 14.2. The predicted octanol–water partition coefficient (Wildman–Crippen LogP) is 2.95. The average Bonchev–Trinajstić information content (AvgIpc) is 2.66. The minimum absolute atomic E-state index is 0.140. The van der Waals surface area contributed by atoms with Crippen LogP contribution in [-0.2, 0) is 17.6 Å². The van der Waals surface area contributed by atoms with Gasteiger partial charge in [-0.3, -0.25) is 4.79 Å². The van der Waals surface area contributed by atoms with Crippen molar-refractivity contribution in [3.05, 3.63) is 47.5 Å². The molecule has 0 atom stereocenters. The van der Waals surface area contributed by atoms with Crippen molar-refractivity contribution in [2.45, 2.75) is 25.7 Å². The lowest BCUT2D eigenvalue weighted by molar-refractivity contribution is -0.118. The van der Waals surface area contributed by atoms with Crippen LogP contribution < -0.4 is 20.1 Å². The van der Waals surface area contributed by atoms with E-state index in [1.165, 1.54) is 0 Å². The molecule has 0 saturated heterocycles. The molecule has 2 aliphatic heterocycles. The van der Waals surface area contributed by atoms with Crippen molar-refractivity contribution in [3.63, 3.8) is 0 Å². The first-order valence-corrected chi connectivity index (χ1v) is 8.78. The molecule has 0 radical (unpaired) electrons. The second-order valence-corrected chi connectivity index (χ2v) is 6.47. The molecule has 0 saturated carbocycles. The Morgan fingerprint density at radius 2 is 1.96 bits per heavy atom. The molecule has 2 aliphatic rings. The normalized spacial score (nSPS) is 15.6. The Morgan fingerprint density at radius 3 is 2.84 bits per heavy atom. The molecule has 5 nitrogen and oxygen atoms in total. The van der Waals surface area contributed by atoms with Crippen molar-refractivity contribution in [3.8, 4) is 11.5 Å². The lowest BCUT2D eigenvalue weighted by Crippen LogP contribution is -2.35. The topological polar surface area (TPSA) is 64.8 Å². The number of rotatable bonds is 3. The van der Waals surface area contributed by atoms with E-state index < -0.39 is 0 Å². The molecule has 25 heavy (non-hydrogen) atoms. The molecular formula is C20H22N2O3. The number of nitrogen functional groups attached to an aromatic ring is 1. The Hall–Kier alpha value is -2.69. The number of anilines is 2. The summed E-state index contributed by atoms with van der Waals surface area (Å²) >= 11 is 0. The average molecular weight is 338 g/mol. The number of hydrogen-bond donors (Lipinski definition) is 1. The number of amides is 1. The van der Waals surface area contributed by atoms with Crippen molar-refractivity contribution in [1.29, 1.82) is 0 Å². The fraction of sp³-hybridized carbons (Fsp3) is 0.350. The van der Waals surface area contributed by atoms with Gasteiger partial charge < -0.3 is 20.1 Å². The highest BCUT2D eigenvalue weighted by molar-refractivity contribution is 5.95. The van der Waals surface area contributed by atoms with Crippen molar-refractivity contribution in [1.82, 2.24) is 0 Å². The van der Waals surface area contributed by atoms with Crippen molar-refractivity contribution >= 4 is 17.3 Å². The molecule has 2 heterocycles. The number of carbonyl (C=O) groups excluding carboxylic acids is 1. The van der Waals surface area contributed by atoms with Crippen LogP contribution in [0.5, 0.6) is 11.5 Å². The minimum atomic E-state index is 0.140. The maximum absolute atomic E-state index is 12.8. The summed E-state index contributed by atoms with van der Waals surface area (Å²) in [5.41, 5.74) is 10.0. The van der Waals surface area contributed by atoms with Crippen LogP contribution in [0, 0.1) is 0 Å². The van der Waals surface area contributed by atoms with E-state index in [0.29, 0.717) is 26.1 Å². The van der Waals surface area contributed by atoms with E-state index in [1.54, 1.807) is 0 Å². The number of aryl methyl sites for hydroxylation is 1. The Bertz CT molecular complexity index is 804. The minimum Gasteiger partial charge on any atom is -0.486 e. The van der Waals surface area contributed by atoms with Crippen LogP contribution in [0.2, 0.25) is 0 Å². The first-order valence-electron chi connectivity index (χ1n) is 8.78. The smallest absolute Gasteiger partial charge is 0.227 e. The fourth-order valence-corrected chi connectivity index (χ4v) is 3.54. The third-order valence-electron chi connectivity index (χ3n) is 4.82. The molecular weight excluding hydrogens is 316 g/mol. The third kappa shape index (κ3) is 3.14. The number of nitrogens with two attached hydrogens (primary N) is 1. The molecule has 0 fully saturated rings. The van der Waals surface area contributed by atoms with Gasteiger partial charge in [-0.15, -0.1) is 0 Å². The molecule has 4 rings (SSSR count). The van der Waals surface area contributed by atoms with E-state index in [9.17, 15) is 4.79 Å². The summed E-state index contributed by atoms with van der Waals surface area (Å²) in [6, 6.07) is 11.7. The van der Waals surface area contributed by atoms with Crippen molar-refractivity contribution in [2.24, 2.45) is 0 Å². The Kier molecular flexibility index (Phi) is 4.22. The number of fused-ring (bicyclic) bond motifs is 2. The largest absolute Gasteiger partial charge is 0.486 e. The number of benzene rings is 2. The van der Waals surface area contributed by atoms with Crippen LogP contribution in [0.15, 0.2) is 36.4 Å². The van der Waals surface area contributed by atoms with E-state index in [0.717, 1.165) is 53.4 Å². The lowest BCUT2D eigenvalue weighted by atomic mass is 9.99. The van der Waals surface area contributed by atoms with Gasteiger partial charge in [-0.05, 0) is 54.7 Å². The van der Waals surface area contributed by atoms with Gasteiger partial charge in [-0.1, -0.05) is 12.1 Å². The zero-order chi connectivity index (χ0) is 17.2. The van der Waals surface area contributed by atoms with Gasteiger partial charge in [0.25, 0.3) is 0 Å². The molecule has 0 bridgehead atoms. The first kappa shape index (κ1) is 15.8. The maximum atomic E-state index is 12.8. The molecule has 2 aromatic carbocycles. The number of carbonyl (C=O) groups is 1. The molecule has 1 amide bonds. The Labute approximate surface area is 147 Å². The van der Waals surface area contributed by atoms with Gasteiger partial charge in [-0.2, -0.15) is 0 Å². The molecule has 0 aliphatic carbocycles. The summed E-state index contributed by atoms with van der Waals surface area (Å²) in [7, 11) is 0. The van der Waals surface area contributed by atoms with Gasteiger partial charge in [0.2, 0.25) is 5.91 Å². The summed E-state index contributed by atoms with van der Waals surface area (Å²) in [4.78, 5) is 14.6. The first-order chi connectivity index (χ1) is 12.2. The van der Waals surface area contributed by atoms with Crippen LogP contribution >= 0.6 is 0 Å². The molecule has 2 N–H and O–H groups in total. The third-order valence-corrected chi connectivity index (χ3v) is 4.82. The van der Waals surface area contributed by atoms with Crippen molar-refractivity contribution < 1.29 is 14.3 Å². The number of ether oxygens (including phenoxy) is 2. The molecule has 130 valence electrons. The Morgan fingerprint density at radius 1 is 1.12 bits per heavy atom. The summed E-state index contributed by atoms with van der Waals surface area (Å²) in [6.45, 7) is 1.92. The highest BCUT2D eigenvalue weighted by atomic mass is 16.6. The molecule has 2 aromatic rings. The van der Waals surface area contributed by atoms with Gasteiger partial charge in [0.1, 0.15) is 13.2 Å². The fourth-order valence-electron chi connectivity index (χ4n) is 3.54. The van der Waals surface area contributed by atoms with Crippen LogP contribution in [0.4, 0.5) is 11.4 Å². The molecule has 0 spiro atoms. The van der Waals surface area contributed by atoms with E-state index >= 15 is 0 Å². The van der Waals surface area contributed by atoms with Crippen LogP contribution in [0.3, 0.4) is 0 Å². The highest BCUT2D eigenvalue weighted by Gasteiger charge is 2.23. The molecule has 0 aromatic heterocycles. The monoisotopic (exact) mass is 338 g/mol.